The number of piperazine rings is 1. The highest BCUT2D eigenvalue weighted by atomic mass is 35.5. The Morgan fingerprint density at radius 2 is 1.82 bits per heavy atom. The molecule has 2 N–H and O–H groups in total. The van der Waals surface area contributed by atoms with Gasteiger partial charge in [0.05, 0.1) is 4.92 Å². The van der Waals surface area contributed by atoms with Gasteiger partial charge in [-0.2, -0.15) is 13.2 Å². The summed E-state index contributed by atoms with van der Waals surface area (Å²) in [5.41, 5.74) is -2.31. The van der Waals surface area contributed by atoms with Crippen LogP contribution in [-0.2, 0) is 17.4 Å². The first-order chi connectivity index (χ1) is 18.4. The van der Waals surface area contributed by atoms with E-state index in [1.165, 1.54) is 6.07 Å². The summed E-state index contributed by atoms with van der Waals surface area (Å²) < 4.78 is 45.8. The number of rotatable bonds is 5. The molecule has 1 saturated heterocycles. The maximum Gasteiger partial charge on any atom is 0.423 e. The van der Waals surface area contributed by atoms with Crippen molar-refractivity contribution in [1.29, 1.82) is 0 Å². The van der Waals surface area contributed by atoms with Crippen LogP contribution >= 0.6 is 11.6 Å². The van der Waals surface area contributed by atoms with Crippen LogP contribution in [0.15, 0.2) is 36.4 Å². The molecule has 0 bridgehead atoms. The van der Waals surface area contributed by atoms with Crippen molar-refractivity contribution in [2.75, 3.05) is 31.5 Å². The molecule has 2 aliphatic heterocycles. The predicted octanol–water partition coefficient (Wildman–Crippen LogP) is 4.46. The number of nitrogens with zero attached hydrogens (tertiary/aromatic N) is 3. The lowest BCUT2D eigenvalue weighted by molar-refractivity contribution is -0.388. The summed E-state index contributed by atoms with van der Waals surface area (Å²) in [6.07, 6.45) is -3.16. The van der Waals surface area contributed by atoms with Gasteiger partial charge in [-0.25, -0.2) is 0 Å². The number of hydrogen-bond donors (Lipinski definition) is 2. The van der Waals surface area contributed by atoms with Crippen LogP contribution < -0.4 is 10.1 Å². The average Bonchev–Trinajstić information content (AvgIpc) is 3.32. The normalized spacial score (nSPS) is 25.6. The predicted molar refractivity (Wildman–Crippen MR) is 137 cm³/mol. The van der Waals surface area contributed by atoms with Crippen LogP contribution in [0, 0.1) is 10.1 Å². The number of nitro benzene ring substituents is 1. The molecule has 3 aliphatic rings. The average molecular weight is 569 g/mol. The maximum absolute atomic E-state index is 13.3. The van der Waals surface area contributed by atoms with Crippen molar-refractivity contribution < 1.29 is 32.7 Å². The van der Waals surface area contributed by atoms with Crippen LogP contribution in [0.2, 0.25) is 5.02 Å². The van der Waals surface area contributed by atoms with E-state index in [-0.39, 0.29) is 17.6 Å². The summed E-state index contributed by atoms with van der Waals surface area (Å²) >= 11 is 6.04. The fraction of sp³-hybridized carbons (Fsp3) is 0.500. The number of fused-ring (bicyclic) bond motifs is 1. The van der Waals surface area contributed by atoms with Crippen molar-refractivity contribution >= 4 is 28.9 Å². The third kappa shape index (κ3) is 5.78. The van der Waals surface area contributed by atoms with Gasteiger partial charge in [-0.05, 0) is 61.6 Å². The second kappa shape index (κ2) is 10.5. The summed E-state index contributed by atoms with van der Waals surface area (Å²) in [4.78, 5) is 26.7. The molecule has 39 heavy (non-hydrogen) atoms. The summed E-state index contributed by atoms with van der Waals surface area (Å²) in [6, 6.07) is 7.99. The minimum Gasteiger partial charge on any atom is -0.480 e. The molecule has 0 radical (unpaired) electrons. The number of carbonyl (C=O) groups excluding carboxylic acids is 1. The second-order valence-corrected chi connectivity index (χ2v) is 10.7. The molecule has 5 rings (SSSR count). The van der Waals surface area contributed by atoms with E-state index in [1.54, 1.807) is 23.1 Å². The number of nitrogens with one attached hydrogen (secondary N) is 1. The number of nitro groups is 1. The Kier molecular flexibility index (Phi) is 7.38. The van der Waals surface area contributed by atoms with Gasteiger partial charge in [0, 0.05) is 55.4 Å². The molecule has 1 aliphatic carbocycles. The Morgan fingerprint density at radius 3 is 2.46 bits per heavy atom. The van der Waals surface area contributed by atoms with Gasteiger partial charge in [-0.3, -0.25) is 19.8 Å². The Morgan fingerprint density at radius 1 is 1.13 bits per heavy atom. The molecular formula is C26H28ClF3N4O5. The van der Waals surface area contributed by atoms with Crippen LogP contribution in [0.1, 0.15) is 36.8 Å². The summed E-state index contributed by atoms with van der Waals surface area (Å²) in [5.74, 6) is 0.572. The molecule has 1 unspecified atom stereocenters. The Hall–Kier alpha value is -3.09. The third-order valence-corrected chi connectivity index (χ3v) is 8.04. The van der Waals surface area contributed by atoms with Crippen molar-refractivity contribution in [3.05, 3.63) is 62.7 Å². The summed E-state index contributed by atoms with van der Waals surface area (Å²) in [5, 5.41) is 26.0. The van der Waals surface area contributed by atoms with Gasteiger partial charge in [0.1, 0.15) is 17.0 Å². The van der Waals surface area contributed by atoms with Gasteiger partial charge in [-0.1, -0.05) is 11.6 Å². The first-order valence-electron chi connectivity index (χ1n) is 12.8. The van der Waals surface area contributed by atoms with Crippen molar-refractivity contribution in [3.8, 4) is 5.75 Å². The molecule has 2 aromatic rings. The smallest absolute Gasteiger partial charge is 0.423 e. The first-order valence-corrected chi connectivity index (χ1v) is 13.1. The highest BCUT2D eigenvalue weighted by Crippen LogP contribution is 2.39. The minimum absolute atomic E-state index is 0.0943. The standard InChI is InChI=1S/C26H28ClF3N4O5/c27-17-1-4-22-16(13-17)14-23(39-22)24(35)32-9-11-33(12-10-32)25(36)7-5-18(6-8-25)31-19-2-3-21(34(37)38)20(15-19)26(28,29)30/h1-4,13,15,18,23,31,36H,5-12,14H2. The van der Waals surface area contributed by atoms with E-state index in [2.05, 4.69) is 5.32 Å². The molecule has 0 spiro atoms. The van der Waals surface area contributed by atoms with Crippen molar-refractivity contribution in [2.45, 2.75) is 56.2 Å². The number of alkyl halides is 3. The van der Waals surface area contributed by atoms with Crippen molar-refractivity contribution in [3.63, 3.8) is 0 Å². The lowest BCUT2D eigenvalue weighted by atomic mass is 9.86. The highest BCUT2D eigenvalue weighted by Gasteiger charge is 2.42. The van der Waals surface area contributed by atoms with E-state index >= 15 is 0 Å². The fourth-order valence-electron chi connectivity index (χ4n) is 5.69. The number of aliphatic hydroxyl groups is 1. The molecule has 2 heterocycles. The zero-order valence-electron chi connectivity index (χ0n) is 20.9. The van der Waals surface area contributed by atoms with E-state index in [0.29, 0.717) is 69.1 Å². The lowest BCUT2D eigenvalue weighted by Crippen LogP contribution is -2.60. The Bertz CT molecular complexity index is 1260. The van der Waals surface area contributed by atoms with Gasteiger partial charge in [0.2, 0.25) is 0 Å². The molecule has 2 aromatic carbocycles. The molecule has 1 atom stereocenters. The van der Waals surface area contributed by atoms with Gasteiger partial charge < -0.3 is 20.1 Å². The van der Waals surface area contributed by atoms with Crippen LogP contribution in [0.25, 0.3) is 0 Å². The molecule has 13 heteroatoms. The van der Waals surface area contributed by atoms with Gasteiger partial charge >= 0.3 is 6.18 Å². The van der Waals surface area contributed by atoms with E-state index in [4.69, 9.17) is 16.3 Å². The SMILES string of the molecule is O=C(C1Cc2cc(Cl)ccc2O1)N1CCN(C2(O)CCC(Nc3ccc([N+](=O)[O-])c(C(F)(F)F)c3)CC2)CC1. The zero-order chi connectivity index (χ0) is 27.9. The number of carbonyl (C=O) groups is 1. The number of halogens is 4. The number of amides is 1. The number of ether oxygens (including phenoxy) is 1. The van der Waals surface area contributed by atoms with Crippen molar-refractivity contribution in [2.24, 2.45) is 0 Å². The van der Waals surface area contributed by atoms with Gasteiger partial charge in [-0.15, -0.1) is 0 Å². The number of anilines is 1. The van der Waals surface area contributed by atoms with E-state index < -0.39 is 34.2 Å². The van der Waals surface area contributed by atoms with Crippen LogP contribution in [0.3, 0.4) is 0 Å². The van der Waals surface area contributed by atoms with E-state index in [9.17, 15) is 33.2 Å². The molecule has 2 fully saturated rings. The molecule has 0 aromatic heterocycles. The molecule has 9 nitrogen and oxygen atoms in total. The second-order valence-electron chi connectivity index (χ2n) is 10.3. The van der Waals surface area contributed by atoms with Crippen LogP contribution in [0.5, 0.6) is 5.75 Å². The third-order valence-electron chi connectivity index (χ3n) is 7.81. The van der Waals surface area contributed by atoms with Gasteiger partial charge in [0.15, 0.2) is 6.10 Å². The van der Waals surface area contributed by atoms with E-state index in [0.717, 1.165) is 17.7 Å². The first kappa shape index (κ1) is 27.5. The monoisotopic (exact) mass is 568 g/mol. The summed E-state index contributed by atoms with van der Waals surface area (Å²) in [7, 11) is 0. The zero-order valence-corrected chi connectivity index (χ0v) is 21.7. The number of hydrogen-bond acceptors (Lipinski definition) is 7. The Labute approximate surface area is 227 Å². The fourth-order valence-corrected chi connectivity index (χ4v) is 5.88. The molecule has 1 saturated carbocycles. The van der Waals surface area contributed by atoms with Crippen LogP contribution in [0.4, 0.5) is 24.5 Å². The molecule has 210 valence electrons. The quantitative estimate of drug-likeness (QED) is 0.405. The number of benzene rings is 2. The van der Waals surface area contributed by atoms with E-state index in [1.807, 2.05) is 4.90 Å². The molecular weight excluding hydrogens is 541 g/mol. The Balaban J connectivity index is 1.13. The minimum atomic E-state index is -4.85. The van der Waals surface area contributed by atoms with Crippen molar-refractivity contribution in [1.82, 2.24) is 9.80 Å². The lowest BCUT2D eigenvalue weighted by Gasteiger charge is -2.48. The molecule has 1 amide bonds. The summed E-state index contributed by atoms with van der Waals surface area (Å²) in [6.45, 7) is 1.87. The largest absolute Gasteiger partial charge is 0.480 e. The highest BCUT2D eigenvalue weighted by molar-refractivity contribution is 6.30. The van der Waals surface area contributed by atoms with Gasteiger partial charge in [0.25, 0.3) is 11.6 Å². The maximum atomic E-state index is 13.3. The topological polar surface area (TPSA) is 108 Å². The van der Waals surface area contributed by atoms with Crippen LogP contribution in [-0.4, -0.2) is 69.8 Å².